The van der Waals surface area contributed by atoms with Crippen LogP contribution in [0.15, 0.2) is 104 Å². The van der Waals surface area contributed by atoms with Crippen LogP contribution in [0.25, 0.3) is 22.8 Å². The van der Waals surface area contributed by atoms with E-state index in [-0.39, 0.29) is 17.8 Å². The Hall–Kier alpha value is -4.97. The van der Waals surface area contributed by atoms with Crippen LogP contribution in [0.1, 0.15) is 44.1 Å². The van der Waals surface area contributed by atoms with E-state index in [0.717, 1.165) is 60.2 Å². The number of aromatic nitrogens is 4. The molecule has 0 unspecified atom stereocenters. The van der Waals surface area contributed by atoms with Crippen molar-refractivity contribution in [1.29, 1.82) is 0 Å². The molecule has 16 heteroatoms. The first-order valence-corrected chi connectivity index (χ1v) is 27.3. The van der Waals surface area contributed by atoms with Gasteiger partial charge in [0.15, 0.2) is 23.1 Å². The molecule has 0 bridgehead atoms. The largest absolute Gasteiger partial charge is 0.508 e. The van der Waals surface area contributed by atoms with E-state index >= 15 is 0 Å². The Morgan fingerprint density at radius 3 is 1.31 bits per heavy atom. The van der Waals surface area contributed by atoms with Gasteiger partial charge in [-0.2, -0.15) is 26.3 Å². The maximum atomic E-state index is 12.4. The van der Waals surface area contributed by atoms with Crippen molar-refractivity contribution < 1.29 is 45.7 Å². The molecule has 5 aromatic rings. The molecule has 0 aliphatic rings. The molecule has 0 atom stereocenters. The fraction of sp³-hybridized carbons (Fsp3) is 0.422. The van der Waals surface area contributed by atoms with Crippen molar-refractivity contribution >= 4 is 16.1 Å². The molecule has 0 aliphatic carbocycles. The minimum atomic E-state index is -4.06. The molecule has 0 aliphatic heterocycles. The van der Waals surface area contributed by atoms with Crippen molar-refractivity contribution in [1.82, 2.24) is 19.9 Å². The number of benzene rings is 3. The predicted molar refractivity (Wildman–Crippen MR) is 232 cm³/mol. The standard InChI is InChI=1S/C26H31F3N2O2Si.C19H25F3N2O2Si/c1-34(2,17-14-26(27,28)29)16-7-6-15-32-24-18-30-25(31-19-24)22-10-12-23(13-11-22)33-20-21-8-4-3-5-9-21;1-27(2,12-9-19(20,21)22)11-4-3-10-26-17-13-23-18(24-14-17)15-5-7-16(25)8-6-15/h3-5,8-13,18-19H,6-7,14-17,20H2,1-2H3;5-8,13-14,25H,3-4,9-12H2,1-2H3. The number of halogens is 6. The quantitative estimate of drug-likeness (QED) is 0.0442. The highest BCUT2D eigenvalue weighted by Crippen LogP contribution is 2.30. The SMILES string of the molecule is C[Si](C)(CCCCOc1cnc(-c2ccc(O)cc2)nc1)CCC(F)(F)F.C[Si](C)(CCCCOc1cnc(-c2ccc(OCc3ccccc3)cc2)nc1)CCC(F)(F)F. The van der Waals surface area contributed by atoms with Crippen molar-refractivity contribution in [2.24, 2.45) is 0 Å². The van der Waals surface area contributed by atoms with E-state index in [1.165, 1.54) is 0 Å². The third kappa shape index (κ3) is 20.0. The molecule has 330 valence electrons. The number of ether oxygens (including phenoxy) is 3. The zero-order chi connectivity index (χ0) is 44.4. The fourth-order valence-electron chi connectivity index (χ4n) is 6.13. The zero-order valence-corrected chi connectivity index (χ0v) is 37.2. The third-order valence-corrected chi connectivity index (χ3v) is 16.6. The Kier molecular flexibility index (Phi) is 18.6. The maximum Gasteiger partial charge on any atom is 0.388 e. The second-order valence-corrected chi connectivity index (χ2v) is 27.2. The van der Waals surface area contributed by atoms with E-state index in [1.807, 2.05) is 80.8 Å². The number of phenolic OH excluding ortho intramolecular Hbond substituents is 1. The Balaban J connectivity index is 0.000000276. The van der Waals surface area contributed by atoms with E-state index in [0.29, 0.717) is 43.0 Å². The normalized spacial score (nSPS) is 12.0. The van der Waals surface area contributed by atoms with Gasteiger partial charge in [0, 0.05) is 40.1 Å². The first-order chi connectivity index (χ1) is 28.8. The van der Waals surface area contributed by atoms with E-state index in [4.69, 9.17) is 14.2 Å². The van der Waals surface area contributed by atoms with Crippen LogP contribution in [-0.4, -0.2) is 66.8 Å². The molecule has 8 nitrogen and oxygen atoms in total. The van der Waals surface area contributed by atoms with Crippen LogP contribution in [-0.2, 0) is 6.61 Å². The van der Waals surface area contributed by atoms with Gasteiger partial charge in [-0.3, -0.25) is 0 Å². The van der Waals surface area contributed by atoms with Gasteiger partial charge in [-0.25, -0.2) is 19.9 Å². The minimum absolute atomic E-state index is 0.184. The van der Waals surface area contributed by atoms with Gasteiger partial charge in [-0.05, 0) is 79.0 Å². The lowest BCUT2D eigenvalue weighted by molar-refractivity contribution is -0.131. The van der Waals surface area contributed by atoms with Gasteiger partial charge < -0.3 is 19.3 Å². The van der Waals surface area contributed by atoms with Crippen molar-refractivity contribution in [3.63, 3.8) is 0 Å². The Bertz CT molecular complexity index is 1990. The van der Waals surface area contributed by atoms with Gasteiger partial charge in [0.05, 0.1) is 38.0 Å². The Morgan fingerprint density at radius 1 is 0.492 bits per heavy atom. The molecular formula is C45H56F6N4O4Si2. The first kappa shape index (κ1) is 48.7. The average Bonchev–Trinajstić information content (AvgIpc) is 3.22. The summed E-state index contributed by atoms with van der Waals surface area (Å²) >= 11 is 0. The first-order valence-electron chi connectivity index (χ1n) is 20.4. The molecule has 0 fully saturated rings. The molecule has 3 aromatic carbocycles. The van der Waals surface area contributed by atoms with E-state index in [9.17, 15) is 31.4 Å². The molecule has 0 saturated heterocycles. The number of nitrogens with zero attached hydrogens (tertiary/aromatic N) is 4. The highest BCUT2D eigenvalue weighted by atomic mass is 28.3. The number of aromatic hydroxyl groups is 1. The lowest BCUT2D eigenvalue weighted by atomic mass is 10.2. The second-order valence-electron chi connectivity index (χ2n) is 16.5. The lowest BCUT2D eigenvalue weighted by Crippen LogP contribution is -2.27. The second kappa shape index (κ2) is 23.3. The summed E-state index contributed by atoms with van der Waals surface area (Å²) in [4.78, 5) is 17.3. The Morgan fingerprint density at radius 2 is 0.902 bits per heavy atom. The van der Waals surface area contributed by atoms with Crippen molar-refractivity contribution in [2.75, 3.05) is 13.2 Å². The van der Waals surface area contributed by atoms with Crippen LogP contribution in [0.5, 0.6) is 23.0 Å². The summed E-state index contributed by atoms with van der Waals surface area (Å²) in [5, 5.41) is 9.30. The number of rotatable bonds is 21. The molecular weight excluding hydrogens is 831 g/mol. The molecule has 1 N–H and O–H groups in total. The lowest BCUT2D eigenvalue weighted by Gasteiger charge is -2.23. The molecule has 2 aromatic heterocycles. The zero-order valence-electron chi connectivity index (χ0n) is 35.2. The smallest absolute Gasteiger partial charge is 0.388 e. The van der Waals surface area contributed by atoms with Crippen molar-refractivity contribution in [3.8, 4) is 45.8 Å². The number of alkyl halides is 6. The van der Waals surface area contributed by atoms with E-state index in [2.05, 4.69) is 19.9 Å². The summed E-state index contributed by atoms with van der Waals surface area (Å²) in [5.74, 6) is 3.24. The third-order valence-electron chi connectivity index (χ3n) is 9.95. The van der Waals surface area contributed by atoms with E-state index in [1.54, 1.807) is 49.1 Å². The number of hydrogen-bond acceptors (Lipinski definition) is 8. The molecule has 5 rings (SSSR count). The van der Waals surface area contributed by atoms with Crippen molar-refractivity contribution in [3.05, 3.63) is 109 Å². The highest BCUT2D eigenvalue weighted by molar-refractivity contribution is 6.77. The summed E-state index contributed by atoms with van der Waals surface area (Å²) in [7, 11) is -3.63. The number of hydrogen-bond donors (Lipinski definition) is 1. The summed E-state index contributed by atoms with van der Waals surface area (Å²) in [6.45, 7) is 9.56. The van der Waals surface area contributed by atoms with Gasteiger partial charge in [-0.15, -0.1) is 0 Å². The predicted octanol–water partition coefficient (Wildman–Crippen LogP) is 13.2. The minimum Gasteiger partial charge on any atom is -0.508 e. The van der Waals surface area contributed by atoms with Gasteiger partial charge in [0.1, 0.15) is 18.1 Å². The van der Waals surface area contributed by atoms with Gasteiger partial charge in [0.25, 0.3) is 0 Å². The van der Waals surface area contributed by atoms with Crippen LogP contribution in [0.3, 0.4) is 0 Å². The van der Waals surface area contributed by atoms with Gasteiger partial charge in [0.2, 0.25) is 0 Å². The van der Waals surface area contributed by atoms with Crippen LogP contribution >= 0.6 is 0 Å². The molecule has 0 amide bonds. The van der Waals surface area contributed by atoms with Crippen LogP contribution in [0, 0.1) is 0 Å². The summed E-state index contributed by atoms with van der Waals surface area (Å²) in [5.41, 5.74) is 2.78. The number of unbranched alkanes of at least 4 members (excludes halogenated alkanes) is 2. The Labute approximate surface area is 356 Å². The summed E-state index contributed by atoms with van der Waals surface area (Å²) in [6, 6.07) is 26.5. The van der Waals surface area contributed by atoms with Crippen LogP contribution < -0.4 is 14.2 Å². The maximum absolute atomic E-state index is 12.4. The molecule has 0 spiro atoms. The van der Waals surface area contributed by atoms with Crippen LogP contribution in [0.4, 0.5) is 26.3 Å². The average molecular weight is 887 g/mol. The molecule has 0 saturated carbocycles. The monoisotopic (exact) mass is 886 g/mol. The molecule has 61 heavy (non-hydrogen) atoms. The topological polar surface area (TPSA) is 99.5 Å². The molecule has 0 radical (unpaired) electrons. The molecule has 2 heterocycles. The van der Waals surface area contributed by atoms with Crippen LogP contribution in [0.2, 0.25) is 50.4 Å². The fourth-order valence-corrected chi connectivity index (χ4v) is 11.0. The van der Waals surface area contributed by atoms with Gasteiger partial charge >= 0.3 is 12.4 Å². The van der Waals surface area contributed by atoms with E-state index < -0.39 is 41.3 Å². The van der Waals surface area contributed by atoms with Crippen molar-refractivity contribution in [2.45, 2.75) is 108 Å². The summed E-state index contributed by atoms with van der Waals surface area (Å²) < 4.78 is 91.5. The summed E-state index contributed by atoms with van der Waals surface area (Å²) in [6.07, 6.45) is 0.346. The number of phenols is 1. The van der Waals surface area contributed by atoms with Gasteiger partial charge in [-0.1, -0.05) is 81.4 Å². The highest BCUT2D eigenvalue weighted by Gasteiger charge is 2.32.